The van der Waals surface area contributed by atoms with E-state index in [2.05, 4.69) is 0 Å². The Bertz CT molecular complexity index is 755. The molecule has 0 spiro atoms. The molecular formula is C21H23O4-. The van der Waals surface area contributed by atoms with Gasteiger partial charge in [0.15, 0.2) is 0 Å². The molecule has 0 N–H and O–H groups in total. The largest absolute Gasteiger partial charge is 0.545 e. The van der Waals surface area contributed by atoms with Gasteiger partial charge in [0.25, 0.3) is 0 Å². The minimum absolute atomic E-state index is 0.224. The maximum absolute atomic E-state index is 12.5. The Balaban J connectivity index is 1.84. The van der Waals surface area contributed by atoms with Gasteiger partial charge >= 0.3 is 5.97 Å². The van der Waals surface area contributed by atoms with Crippen LogP contribution in [0.25, 0.3) is 0 Å². The minimum Gasteiger partial charge on any atom is -0.545 e. The van der Waals surface area contributed by atoms with Crippen LogP contribution in [0.1, 0.15) is 61.4 Å². The van der Waals surface area contributed by atoms with Gasteiger partial charge in [0.05, 0.1) is 18.1 Å². The van der Waals surface area contributed by atoms with E-state index in [4.69, 9.17) is 4.74 Å². The number of carbonyl (C=O) groups excluding carboxylic acids is 2. The molecule has 132 valence electrons. The van der Waals surface area contributed by atoms with Crippen molar-refractivity contribution in [1.29, 1.82) is 0 Å². The fourth-order valence-electron chi connectivity index (χ4n) is 3.93. The van der Waals surface area contributed by atoms with Gasteiger partial charge in [-0.15, -0.1) is 0 Å². The molecule has 25 heavy (non-hydrogen) atoms. The lowest BCUT2D eigenvalue weighted by atomic mass is 9.91. The molecule has 0 bridgehead atoms. The number of ether oxygens (including phenoxy) is 1. The van der Waals surface area contributed by atoms with Crippen LogP contribution in [0.4, 0.5) is 0 Å². The second kappa shape index (κ2) is 7.68. The number of hydrogen-bond acceptors (Lipinski definition) is 4. The number of allylic oxidation sites excluding steroid dienone is 2. The first-order valence-corrected chi connectivity index (χ1v) is 9.01. The summed E-state index contributed by atoms with van der Waals surface area (Å²) >= 11 is 0. The van der Waals surface area contributed by atoms with Crippen LogP contribution in [-0.4, -0.2) is 18.5 Å². The highest BCUT2D eigenvalue weighted by atomic mass is 16.5. The molecular weight excluding hydrogens is 316 g/mol. The van der Waals surface area contributed by atoms with E-state index in [1.165, 1.54) is 17.6 Å². The molecule has 0 atom stereocenters. The summed E-state index contributed by atoms with van der Waals surface area (Å²) in [7, 11) is 0. The Labute approximate surface area is 148 Å². The van der Waals surface area contributed by atoms with Gasteiger partial charge in [-0.3, -0.25) is 0 Å². The molecule has 0 saturated carbocycles. The zero-order chi connectivity index (χ0) is 17.8. The zero-order valence-corrected chi connectivity index (χ0v) is 14.6. The quantitative estimate of drug-likeness (QED) is 0.747. The summed E-state index contributed by atoms with van der Waals surface area (Å²) in [5.41, 5.74) is 5.41. The lowest BCUT2D eigenvalue weighted by Crippen LogP contribution is -2.23. The number of carboxylic acids is 1. The minimum atomic E-state index is -1.15. The van der Waals surface area contributed by atoms with Gasteiger partial charge in [-0.25, -0.2) is 4.79 Å². The maximum Gasteiger partial charge on any atom is 0.338 e. The van der Waals surface area contributed by atoms with Crippen molar-refractivity contribution in [1.82, 2.24) is 0 Å². The fraction of sp³-hybridized carbons (Fsp3) is 0.429. The Morgan fingerprint density at radius 3 is 2.64 bits per heavy atom. The van der Waals surface area contributed by atoms with Crippen LogP contribution >= 0.6 is 0 Å². The average Bonchev–Trinajstić information content (AvgIpc) is 2.98. The van der Waals surface area contributed by atoms with E-state index >= 15 is 0 Å². The van der Waals surface area contributed by atoms with E-state index in [1.54, 1.807) is 12.1 Å². The first-order chi connectivity index (χ1) is 12.1. The number of rotatable bonds is 6. The molecule has 4 nitrogen and oxygen atoms in total. The third kappa shape index (κ3) is 3.68. The molecule has 0 saturated heterocycles. The Kier molecular flexibility index (Phi) is 5.37. The van der Waals surface area contributed by atoms with Crippen LogP contribution in [0.15, 0.2) is 46.6 Å². The van der Waals surface area contributed by atoms with Crippen molar-refractivity contribution in [3.05, 3.63) is 57.7 Å². The van der Waals surface area contributed by atoms with Crippen LogP contribution in [0.5, 0.6) is 0 Å². The lowest BCUT2D eigenvalue weighted by Gasteiger charge is -2.16. The maximum atomic E-state index is 12.5. The number of esters is 1. The van der Waals surface area contributed by atoms with Crippen molar-refractivity contribution in [2.24, 2.45) is 0 Å². The fourth-order valence-corrected chi connectivity index (χ4v) is 3.93. The molecule has 1 aromatic rings. The summed E-state index contributed by atoms with van der Waals surface area (Å²) in [6.07, 6.45) is 6.38. The predicted molar refractivity (Wildman–Crippen MR) is 92.9 cm³/mol. The van der Waals surface area contributed by atoms with E-state index in [-0.39, 0.29) is 11.5 Å². The SMILES string of the molecule is CCOC(=O)C1=C(CCc2ccccc2C(=O)[O-])CC2=C1CCCC2. The average molecular weight is 339 g/mol. The molecule has 0 aliphatic heterocycles. The summed E-state index contributed by atoms with van der Waals surface area (Å²) in [4.78, 5) is 23.8. The van der Waals surface area contributed by atoms with Crippen LogP contribution in [-0.2, 0) is 16.0 Å². The molecule has 0 aromatic heterocycles. The highest BCUT2D eigenvalue weighted by Gasteiger charge is 2.30. The smallest absolute Gasteiger partial charge is 0.338 e. The van der Waals surface area contributed by atoms with E-state index in [9.17, 15) is 14.7 Å². The van der Waals surface area contributed by atoms with Gasteiger partial charge in [-0.05, 0) is 63.0 Å². The van der Waals surface area contributed by atoms with Gasteiger partial charge in [-0.2, -0.15) is 0 Å². The van der Waals surface area contributed by atoms with Crippen molar-refractivity contribution in [2.75, 3.05) is 6.61 Å². The van der Waals surface area contributed by atoms with Crippen LogP contribution < -0.4 is 5.11 Å². The van der Waals surface area contributed by atoms with Crippen LogP contribution in [0, 0.1) is 0 Å². The molecule has 2 aliphatic rings. The third-order valence-electron chi connectivity index (χ3n) is 5.08. The summed E-state index contributed by atoms with van der Waals surface area (Å²) in [5, 5.41) is 11.3. The molecule has 4 heteroatoms. The summed E-state index contributed by atoms with van der Waals surface area (Å²) in [6.45, 7) is 2.19. The van der Waals surface area contributed by atoms with Crippen LogP contribution in [0.3, 0.4) is 0 Å². The molecule has 3 rings (SSSR count). The summed E-state index contributed by atoms with van der Waals surface area (Å²) in [6, 6.07) is 6.93. The number of aromatic carboxylic acids is 1. The van der Waals surface area contributed by atoms with E-state index in [1.807, 2.05) is 19.1 Å². The Morgan fingerprint density at radius 1 is 1.12 bits per heavy atom. The van der Waals surface area contributed by atoms with Gasteiger partial charge in [-0.1, -0.05) is 35.4 Å². The van der Waals surface area contributed by atoms with Gasteiger partial charge < -0.3 is 14.6 Å². The Hall–Kier alpha value is -2.36. The zero-order valence-electron chi connectivity index (χ0n) is 14.6. The number of benzene rings is 1. The molecule has 0 amide bonds. The molecule has 0 heterocycles. The van der Waals surface area contributed by atoms with Crippen LogP contribution in [0.2, 0.25) is 0 Å². The van der Waals surface area contributed by atoms with Crippen molar-refractivity contribution in [3.63, 3.8) is 0 Å². The first-order valence-electron chi connectivity index (χ1n) is 9.01. The van der Waals surface area contributed by atoms with Gasteiger partial charge in [0.2, 0.25) is 0 Å². The highest BCUT2D eigenvalue weighted by Crippen LogP contribution is 2.43. The molecule has 0 fully saturated rings. The number of carboxylic acid groups (broad SMARTS) is 1. The molecule has 2 aliphatic carbocycles. The van der Waals surface area contributed by atoms with Gasteiger partial charge in [0.1, 0.15) is 0 Å². The number of hydrogen-bond donors (Lipinski definition) is 0. The summed E-state index contributed by atoms with van der Waals surface area (Å²) < 4.78 is 5.28. The normalized spacial score (nSPS) is 16.8. The van der Waals surface area contributed by atoms with Crippen molar-refractivity contribution >= 4 is 11.9 Å². The lowest BCUT2D eigenvalue weighted by molar-refractivity contribution is -0.255. The first kappa shape index (κ1) is 17.5. The third-order valence-corrected chi connectivity index (χ3v) is 5.08. The summed E-state index contributed by atoms with van der Waals surface area (Å²) in [5.74, 6) is -1.38. The highest BCUT2D eigenvalue weighted by molar-refractivity contribution is 5.96. The molecule has 0 radical (unpaired) electrons. The Morgan fingerprint density at radius 2 is 1.88 bits per heavy atom. The standard InChI is InChI=1S/C21H24O4/c1-2-25-21(24)19-16(13-15-8-4-5-9-17(15)19)12-11-14-7-3-6-10-18(14)20(22)23/h3,6-7,10H,2,4-5,8-9,11-13H2,1H3,(H,22,23)/p-1. The number of carbonyl (C=O) groups is 2. The number of aryl methyl sites for hydroxylation is 1. The second-order valence-corrected chi connectivity index (χ2v) is 6.61. The topological polar surface area (TPSA) is 66.4 Å². The van der Waals surface area contributed by atoms with E-state index in [0.29, 0.717) is 19.4 Å². The van der Waals surface area contributed by atoms with Gasteiger partial charge in [0, 0.05) is 5.56 Å². The van der Waals surface area contributed by atoms with E-state index < -0.39 is 5.97 Å². The molecule has 1 aromatic carbocycles. The second-order valence-electron chi connectivity index (χ2n) is 6.61. The van der Waals surface area contributed by atoms with Crippen molar-refractivity contribution in [3.8, 4) is 0 Å². The van der Waals surface area contributed by atoms with Crippen molar-refractivity contribution < 1.29 is 19.4 Å². The molecule has 0 unspecified atom stereocenters. The monoisotopic (exact) mass is 339 g/mol. The predicted octanol–water partition coefficient (Wildman–Crippen LogP) is 3.12. The van der Waals surface area contributed by atoms with E-state index in [0.717, 1.165) is 42.4 Å². The van der Waals surface area contributed by atoms with Crippen molar-refractivity contribution in [2.45, 2.75) is 51.9 Å².